The molecule has 3 unspecified atom stereocenters. The van der Waals surface area contributed by atoms with Crippen molar-refractivity contribution in [1.29, 1.82) is 0 Å². The van der Waals surface area contributed by atoms with Crippen LogP contribution in [0.3, 0.4) is 0 Å². The molecular formula is C22H31N5O2S. The van der Waals surface area contributed by atoms with Crippen LogP contribution in [0.15, 0.2) is 4.99 Å². The largest absolute Gasteiger partial charge is 0.481 e. The molecule has 8 heteroatoms. The van der Waals surface area contributed by atoms with Gasteiger partial charge in [0.15, 0.2) is 0 Å². The Bertz CT molecular complexity index is 892. The average Bonchev–Trinajstić information content (AvgIpc) is 3.29. The summed E-state index contributed by atoms with van der Waals surface area (Å²) in [5, 5.41) is 20.3. The van der Waals surface area contributed by atoms with Gasteiger partial charge in [-0.05, 0) is 56.9 Å². The fourth-order valence-corrected chi connectivity index (χ4v) is 8.25. The molecule has 3 saturated carbocycles. The Morgan fingerprint density at radius 1 is 1.17 bits per heavy atom. The van der Waals surface area contributed by atoms with Gasteiger partial charge in [0.1, 0.15) is 11.6 Å². The molecule has 1 saturated heterocycles. The number of thioether (sulfide) groups is 1. The van der Waals surface area contributed by atoms with Crippen LogP contribution in [0.2, 0.25) is 0 Å². The summed E-state index contributed by atoms with van der Waals surface area (Å²) in [7, 11) is 0. The van der Waals surface area contributed by atoms with Gasteiger partial charge in [-0.25, -0.2) is 0 Å². The molecule has 2 bridgehead atoms. The minimum absolute atomic E-state index is 0.168. The second-order valence-corrected chi connectivity index (χ2v) is 11.8. The molecule has 162 valence electrons. The van der Waals surface area contributed by atoms with Crippen LogP contribution in [0.25, 0.3) is 0 Å². The number of carbonyl (C=O) groups is 1. The second-order valence-electron chi connectivity index (χ2n) is 10.3. The monoisotopic (exact) mass is 429 g/mol. The summed E-state index contributed by atoms with van der Waals surface area (Å²) in [4.78, 5) is 19.2. The minimum Gasteiger partial charge on any atom is -0.481 e. The summed E-state index contributed by atoms with van der Waals surface area (Å²) in [6.07, 6.45) is 9.65. The fourth-order valence-electron chi connectivity index (χ4n) is 6.93. The average molecular weight is 430 g/mol. The predicted octanol–water partition coefficient (Wildman–Crippen LogP) is 3.30. The van der Waals surface area contributed by atoms with Crippen molar-refractivity contribution in [3.05, 3.63) is 11.6 Å². The van der Waals surface area contributed by atoms with Crippen molar-refractivity contribution in [2.75, 3.05) is 13.1 Å². The van der Waals surface area contributed by atoms with Crippen molar-refractivity contribution in [3.63, 3.8) is 0 Å². The summed E-state index contributed by atoms with van der Waals surface area (Å²) in [6, 6.07) is 0.649. The molecule has 30 heavy (non-hydrogen) atoms. The van der Waals surface area contributed by atoms with Gasteiger partial charge in [0.05, 0.1) is 22.5 Å². The van der Waals surface area contributed by atoms with Gasteiger partial charge in [0, 0.05) is 24.8 Å². The molecule has 3 aliphatic heterocycles. The highest BCUT2D eigenvalue weighted by molar-refractivity contribution is 8.14. The number of aromatic nitrogens is 3. The SMILES string of the molecule is CC1SC(CN2CCCC2c2nnc3n2CCCCC3)=NC1C12CC(C(=O)O)(C1)C2. The number of carboxylic acid groups (broad SMARTS) is 1. The second kappa shape index (κ2) is 6.79. The van der Waals surface area contributed by atoms with Crippen LogP contribution in [0, 0.1) is 10.8 Å². The number of aryl methyl sites for hydroxylation is 1. The molecule has 3 atom stereocenters. The lowest BCUT2D eigenvalue weighted by atomic mass is 9.33. The van der Waals surface area contributed by atoms with Gasteiger partial charge in [-0.1, -0.05) is 13.3 Å². The maximum atomic E-state index is 11.5. The number of hydrogen-bond donors (Lipinski definition) is 1. The summed E-state index contributed by atoms with van der Waals surface area (Å²) in [6.45, 7) is 5.33. The summed E-state index contributed by atoms with van der Waals surface area (Å²) < 4.78 is 2.40. The highest BCUT2D eigenvalue weighted by atomic mass is 32.2. The Kier molecular flexibility index (Phi) is 4.37. The van der Waals surface area contributed by atoms with Gasteiger partial charge in [-0.15, -0.1) is 22.0 Å². The third-order valence-electron chi connectivity index (χ3n) is 8.34. The molecule has 3 aliphatic carbocycles. The third kappa shape index (κ3) is 2.75. The molecule has 0 radical (unpaired) electrons. The summed E-state index contributed by atoms with van der Waals surface area (Å²) in [5.41, 5.74) is -0.241. The number of aliphatic carboxylic acids is 1. The van der Waals surface area contributed by atoms with Crippen molar-refractivity contribution in [1.82, 2.24) is 19.7 Å². The first-order valence-electron chi connectivity index (χ1n) is 11.6. The van der Waals surface area contributed by atoms with Crippen LogP contribution in [0.4, 0.5) is 0 Å². The Morgan fingerprint density at radius 3 is 2.80 bits per heavy atom. The number of rotatable bonds is 5. The molecule has 0 aromatic carbocycles. The molecule has 1 aromatic heterocycles. The predicted molar refractivity (Wildman–Crippen MR) is 116 cm³/mol. The first-order chi connectivity index (χ1) is 14.5. The molecule has 7 nitrogen and oxygen atoms in total. The van der Waals surface area contributed by atoms with Gasteiger partial charge in [-0.2, -0.15) is 0 Å². The highest BCUT2D eigenvalue weighted by Gasteiger charge is 2.75. The van der Waals surface area contributed by atoms with Crippen LogP contribution in [0.5, 0.6) is 0 Å². The molecule has 1 aromatic rings. The van der Waals surface area contributed by atoms with E-state index in [-0.39, 0.29) is 5.41 Å². The van der Waals surface area contributed by atoms with E-state index in [0.29, 0.717) is 17.3 Å². The lowest BCUT2D eigenvalue weighted by molar-refractivity contribution is -0.229. The number of hydrogen-bond acceptors (Lipinski definition) is 6. The number of likely N-dealkylation sites (tertiary alicyclic amines) is 1. The lowest BCUT2D eigenvalue weighted by Gasteiger charge is -2.70. The first kappa shape index (κ1) is 19.3. The fraction of sp³-hybridized carbons (Fsp3) is 0.818. The van der Waals surface area contributed by atoms with E-state index in [9.17, 15) is 9.90 Å². The van der Waals surface area contributed by atoms with Crippen LogP contribution < -0.4 is 0 Å². The maximum Gasteiger partial charge on any atom is 0.309 e. The number of carboxylic acids is 1. The van der Waals surface area contributed by atoms with Gasteiger partial charge in [-0.3, -0.25) is 14.7 Å². The van der Waals surface area contributed by atoms with Crippen molar-refractivity contribution < 1.29 is 9.90 Å². The van der Waals surface area contributed by atoms with Crippen LogP contribution in [0.1, 0.15) is 76.0 Å². The van der Waals surface area contributed by atoms with Crippen molar-refractivity contribution in [2.24, 2.45) is 15.8 Å². The molecule has 0 amide bonds. The maximum absolute atomic E-state index is 11.5. The molecule has 4 heterocycles. The first-order valence-corrected chi connectivity index (χ1v) is 12.5. The molecule has 1 N–H and O–H groups in total. The zero-order valence-corrected chi connectivity index (χ0v) is 18.5. The van der Waals surface area contributed by atoms with E-state index >= 15 is 0 Å². The Morgan fingerprint density at radius 2 is 2.00 bits per heavy atom. The third-order valence-corrected chi connectivity index (χ3v) is 9.48. The number of nitrogens with zero attached hydrogens (tertiary/aromatic N) is 5. The van der Waals surface area contributed by atoms with Crippen LogP contribution >= 0.6 is 11.8 Å². The molecule has 0 spiro atoms. The van der Waals surface area contributed by atoms with E-state index in [1.54, 1.807) is 0 Å². The number of aliphatic imine (C=N–C) groups is 1. The van der Waals surface area contributed by atoms with E-state index in [1.807, 2.05) is 11.8 Å². The van der Waals surface area contributed by atoms with Gasteiger partial charge in [0.25, 0.3) is 0 Å². The highest BCUT2D eigenvalue weighted by Crippen LogP contribution is 2.76. The minimum atomic E-state index is -0.598. The summed E-state index contributed by atoms with van der Waals surface area (Å²) >= 11 is 1.92. The van der Waals surface area contributed by atoms with E-state index in [2.05, 4.69) is 26.6 Å². The van der Waals surface area contributed by atoms with Crippen LogP contribution in [-0.2, 0) is 17.8 Å². The van der Waals surface area contributed by atoms with E-state index in [4.69, 9.17) is 4.99 Å². The van der Waals surface area contributed by atoms with Crippen molar-refractivity contribution >= 4 is 22.8 Å². The number of fused-ring (bicyclic) bond motifs is 1. The standard InChI is InChI=1S/C22H31N5O2S/c1-14-18(21-11-22(12-21,13-21)20(28)29)23-17(30-14)10-26-8-5-6-15(26)19-25-24-16-7-3-2-4-9-27(16)19/h14-15,18H,2-13H2,1H3,(H,28,29). The zero-order chi connectivity index (χ0) is 20.5. The quantitative estimate of drug-likeness (QED) is 0.773. The Labute approximate surface area is 181 Å². The lowest BCUT2D eigenvalue weighted by Crippen LogP contribution is -2.70. The van der Waals surface area contributed by atoms with Crippen molar-refractivity contribution in [3.8, 4) is 0 Å². The van der Waals surface area contributed by atoms with Crippen molar-refractivity contribution in [2.45, 2.75) is 88.6 Å². The Hall–Kier alpha value is -1.41. The van der Waals surface area contributed by atoms with E-state index < -0.39 is 11.4 Å². The molecule has 6 aliphatic rings. The van der Waals surface area contributed by atoms with Crippen LogP contribution in [-0.4, -0.2) is 60.2 Å². The van der Waals surface area contributed by atoms with E-state index in [1.165, 1.54) is 42.4 Å². The smallest absolute Gasteiger partial charge is 0.309 e. The van der Waals surface area contributed by atoms with Gasteiger partial charge >= 0.3 is 5.97 Å². The van der Waals surface area contributed by atoms with E-state index in [0.717, 1.165) is 51.7 Å². The van der Waals surface area contributed by atoms with Gasteiger partial charge < -0.3 is 9.67 Å². The Balaban J connectivity index is 1.17. The molecule has 4 fully saturated rings. The topological polar surface area (TPSA) is 83.6 Å². The van der Waals surface area contributed by atoms with Gasteiger partial charge in [0.2, 0.25) is 0 Å². The molecule has 7 rings (SSSR count). The zero-order valence-electron chi connectivity index (χ0n) is 17.7. The summed E-state index contributed by atoms with van der Waals surface area (Å²) in [5.74, 6) is 1.74. The normalized spacial score (nSPS) is 40.3. The molecular weight excluding hydrogens is 398 g/mol.